The number of carbonyl (C=O) groups excluding carboxylic acids is 1. The van der Waals surface area contributed by atoms with E-state index in [1.54, 1.807) is 0 Å². The van der Waals surface area contributed by atoms with E-state index >= 15 is 0 Å². The topological polar surface area (TPSA) is 240 Å². The zero-order valence-electron chi connectivity index (χ0n) is 21.5. The maximum atomic E-state index is 12.7. The number of rotatable bonds is 10. The number of carbonyl (C=O) groups is 1. The SMILES string of the molecule is COc1cc(O[C@@H]2O[C@H](COS(=O)(=O)[O-])[C@@H](O)[C@H](OC(=O)c3cc(O)c(O)c(O)c3)[C@H]2O)cc(OC)c1OC.[Na+]. The first-order chi connectivity index (χ1) is 18.3. The summed E-state index contributed by atoms with van der Waals surface area (Å²) in [5.41, 5.74) is -0.495. The van der Waals surface area contributed by atoms with Crippen LogP contribution in [0.5, 0.6) is 40.2 Å². The molecule has 18 heteroatoms. The van der Waals surface area contributed by atoms with E-state index in [0.29, 0.717) is 0 Å². The molecular formula is C22H25NaO16S. The molecule has 1 fully saturated rings. The number of methoxy groups -OCH3 is 3. The van der Waals surface area contributed by atoms with E-state index in [2.05, 4.69) is 4.18 Å². The maximum absolute atomic E-state index is 12.7. The Labute approximate surface area is 249 Å². The normalized spacial score (nSPS) is 22.5. The van der Waals surface area contributed by atoms with Gasteiger partial charge in [0.25, 0.3) is 0 Å². The second kappa shape index (κ2) is 13.7. The van der Waals surface area contributed by atoms with Crippen LogP contribution in [0.15, 0.2) is 24.3 Å². The molecule has 0 amide bonds. The Morgan fingerprint density at radius 3 is 1.98 bits per heavy atom. The van der Waals surface area contributed by atoms with E-state index < -0.39 is 76.5 Å². The Bertz CT molecular complexity index is 1250. The molecule has 16 nitrogen and oxygen atoms in total. The maximum Gasteiger partial charge on any atom is 1.00 e. The van der Waals surface area contributed by atoms with Gasteiger partial charge in [-0.2, -0.15) is 0 Å². The Hall–Kier alpha value is -2.74. The standard InChI is InChI=1S/C22H26O16S.Na/c1-32-13-6-10(7-14(33-2)19(13)34-3)36-22-18(27)20(17(26)15(37-22)8-35-39(29,30)31)38-21(28)9-4-11(23)16(25)12(24)5-9;/h4-7,15,17-18,20,22-27H,8H2,1-3H3,(H,29,30,31);/q;+1/p-1/t15-,17-,18-,20+,22-;/m1./s1. The Kier molecular flexibility index (Phi) is 11.5. The second-order valence-corrected chi connectivity index (χ2v) is 8.98. The molecule has 0 unspecified atom stereocenters. The average molecular weight is 600 g/mol. The van der Waals surface area contributed by atoms with Gasteiger partial charge in [0.05, 0.1) is 33.5 Å². The summed E-state index contributed by atoms with van der Waals surface area (Å²) in [5.74, 6) is -3.50. The first-order valence-electron chi connectivity index (χ1n) is 10.8. The molecule has 1 aliphatic rings. The molecule has 0 aliphatic carbocycles. The minimum absolute atomic E-state index is 0. The van der Waals surface area contributed by atoms with Gasteiger partial charge in [-0.25, -0.2) is 13.2 Å². The summed E-state index contributed by atoms with van der Waals surface area (Å²) in [4.78, 5) is 12.7. The van der Waals surface area contributed by atoms with Crippen LogP contribution in [0.25, 0.3) is 0 Å². The van der Waals surface area contributed by atoms with Crippen molar-refractivity contribution in [3.8, 4) is 40.2 Å². The number of phenols is 3. The van der Waals surface area contributed by atoms with E-state index in [4.69, 9.17) is 28.4 Å². The number of hydrogen-bond acceptors (Lipinski definition) is 16. The number of ether oxygens (including phenoxy) is 6. The fourth-order valence-corrected chi connectivity index (χ4v) is 3.90. The number of phenolic OH excluding ortho intramolecular Hbond substituents is 3. The molecule has 1 heterocycles. The van der Waals surface area contributed by atoms with Crippen LogP contribution in [-0.4, -0.2) is 103 Å². The van der Waals surface area contributed by atoms with E-state index in [9.17, 15) is 43.3 Å². The second-order valence-electron chi connectivity index (χ2n) is 7.93. The van der Waals surface area contributed by atoms with Crippen molar-refractivity contribution in [3.05, 3.63) is 29.8 Å². The van der Waals surface area contributed by atoms with Crippen molar-refractivity contribution in [1.29, 1.82) is 0 Å². The summed E-state index contributed by atoms with van der Waals surface area (Å²) in [6.45, 7) is -1.05. The van der Waals surface area contributed by atoms with Gasteiger partial charge in [0.2, 0.25) is 22.4 Å². The van der Waals surface area contributed by atoms with Gasteiger partial charge in [-0.05, 0) is 12.1 Å². The summed E-state index contributed by atoms with van der Waals surface area (Å²) in [5, 5.41) is 50.4. The number of aliphatic hydroxyl groups excluding tert-OH is 2. The van der Waals surface area contributed by atoms with Gasteiger partial charge in [-0.15, -0.1) is 0 Å². The minimum Gasteiger partial charge on any atom is -0.726 e. The van der Waals surface area contributed by atoms with Crippen LogP contribution in [0.2, 0.25) is 0 Å². The molecule has 0 spiro atoms. The molecule has 216 valence electrons. The van der Waals surface area contributed by atoms with Crippen LogP contribution in [0.1, 0.15) is 10.4 Å². The van der Waals surface area contributed by atoms with E-state index in [1.807, 2.05) is 0 Å². The van der Waals surface area contributed by atoms with Crippen molar-refractivity contribution in [1.82, 2.24) is 0 Å². The number of hydrogen-bond donors (Lipinski definition) is 5. The van der Waals surface area contributed by atoms with Crippen molar-refractivity contribution in [3.63, 3.8) is 0 Å². The largest absolute Gasteiger partial charge is 1.00 e. The zero-order chi connectivity index (χ0) is 29.1. The predicted molar refractivity (Wildman–Crippen MR) is 124 cm³/mol. The van der Waals surface area contributed by atoms with Gasteiger partial charge in [-0.3, -0.25) is 4.18 Å². The average Bonchev–Trinajstić information content (AvgIpc) is 2.88. The molecule has 5 atom stereocenters. The van der Waals surface area contributed by atoms with Gasteiger partial charge in [0.1, 0.15) is 18.0 Å². The monoisotopic (exact) mass is 600 g/mol. The van der Waals surface area contributed by atoms with Crippen molar-refractivity contribution in [2.75, 3.05) is 27.9 Å². The Morgan fingerprint density at radius 2 is 1.50 bits per heavy atom. The van der Waals surface area contributed by atoms with Gasteiger partial charge in [0.15, 0.2) is 41.0 Å². The third-order valence-corrected chi connectivity index (χ3v) is 5.88. The van der Waals surface area contributed by atoms with Crippen LogP contribution < -0.4 is 48.5 Å². The van der Waals surface area contributed by atoms with Gasteiger partial charge in [0, 0.05) is 12.1 Å². The summed E-state index contributed by atoms with van der Waals surface area (Å²) in [6.07, 6.45) is -9.26. The van der Waals surface area contributed by atoms with Gasteiger partial charge < -0.3 is 58.5 Å². The van der Waals surface area contributed by atoms with Crippen molar-refractivity contribution in [2.24, 2.45) is 0 Å². The first-order valence-corrected chi connectivity index (χ1v) is 12.2. The Balaban J connectivity index is 0.00000560. The molecule has 2 aromatic carbocycles. The van der Waals surface area contributed by atoms with E-state index in [-0.39, 0.29) is 52.6 Å². The molecule has 3 rings (SSSR count). The van der Waals surface area contributed by atoms with Crippen LogP contribution in [0.4, 0.5) is 0 Å². The summed E-state index contributed by atoms with van der Waals surface area (Å²) in [6, 6.07) is 4.12. The fourth-order valence-electron chi connectivity index (χ4n) is 3.60. The summed E-state index contributed by atoms with van der Waals surface area (Å²) >= 11 is 0. The quantitative estimate of drug-likeness (QED) is 0.0581. The number of aliphatic hydroxyl groups is 2. The molecule has 0 aromatic heterocycles. The minimum atomic E-state index is -5.24. The van der Waals surface area contributed by atoms with E-state index in [1.165, 1.54) is 33.5 Å². The smallest absolute Gasteiger partial charge is 0.726 e. The summed E-state index contributed by atoms with van der Waals surface area (Å²) in [7, 11) is -1.22. The third-order valence-electron chi connectivity index (χ3n) is 5.46. The van der Waals surface area contributed by atoms with Crippen molar-refractivity contribution in [2.45, 2.75) is 30.7 Å². The number of benzene rings is 2. The van der Waals surface area contributed by atoms with Crippen molar-refractivity contribution < 1.29 is 105 Å². The molecule has 40 heavy (non-hydrogen) atoms. The van der Waals surface area contributed by atoms with Gasteiger partial charge in [-0.1, -0.05) is 0 Å². The number of esters is 1. The first kappa shape index (κ1) is 33.5. The molecule has 1 saturated heterocycles. The third kappa shape index (κ3) is 7.71. The molecular weight excluding hydrogens is 575 g/mol. The molecule has 0 saturated carbocycles. The molecule has 0 radical (unpaired) electrons. The van der Waals surface area contributed by atoms with Crippen molar-refractivity contribution >= 4 is 16.4 Å². The number of aromatic hydroxyl groups is 3. The molecule has 2 aromatic rings. The van der Waals surface area contributed by atoms with Crippen LogP contribution >= 0.6 is 0 Å². The predicted octanol–water partition coefficient (Wildman–Crippen LogP) is -3.64. The van der Waals surface area contributed by atoms with E-state index in [0.717, 1.165) is 12.1 Å². The molecule has 5 N–H and O–H groups in total. The zero-order valence-corrected chi connectivity index (χ0v) is 24.4. The molecule has 0 bridgehead atoms. The van der Waals surface area contributed by atoms with Gasteiger partial charge >= 0.3 is 35.5 Å². The molecule has 1 aliphatic heterocycles. The summed E-state index contributed by atoms with van der Waals surface area (Å²) < 4.78 is 68.9. The Morgan fingerprint density at radius 1 is 0.950 bits per heavy atom. The van der Waals surface area contributed by atoms with Crippen LogP contribution in [-0.2, 0) is 24.1 Å². The van der Waals surface area contributed by atoms with Crippen LogP contribution in [0, 0.1) is 0 Å². The van der Waals surface area contributed by atoms with Crippen LogP contribution in [0.3, 0.4) is 0 Å². The fraction of sp³-hybridized carbons (Fsp3) is 0.409.